The average molecular weight is 1220 g/mol. The molecule has 0 aromatic carbocycles. The molecule has 0 heterocycles. The molecule has 0 aliphatic carbocycles. The lowest BCUT2D eigenvalue weighted by Crippen LogP contribution is -2.45. The van der Waals surface area contributed by atoms with E-state index in [0.717, 1.165) is 44.9 Å². The Morgan fingerprint density at radius 1 is 0.310 bits per heavy atom. The summed E-state index contributed by atoms with van der Waals surface area (Å²) in [4.78, 5) is 24.7. The second-order valence-corrected chi connectivity index (χ2v) is 27.4. The molecule has 6 nitrogen and oxygen atoms in total. The number of unbranched alkanes of at least 4 members (excludes halogenated alkanes) is 60. The van der Waals surface area contributed by atoms with Gasteiger partial charge in [-0.1, -0.05) is 384 Å². The minimum absolute atomic E-state index is 0.0153. The van der Waals surface area contributed by atoms with Gasteiger partial charge in [-0.25, -0.2) is 0 Å². The van der Waals surface area contributed by atoms with Crippen LogP contribution in [-0.2, 0) is 14.3 Å². The third-order valence-corrected chi connectivity index (χ3v) is 18.6. The van der Waals surface area contributed by atoms with E-state index in [2.05, 4.69) is 43.5 Å². The molecule has 0 radical (unpaired) electrons. The molecule has 0 aromatic heterocycles. The van der Waals surface area contributed by atoms with Crippen LogP contribution in [0.4, 0.5) is 0 Å². The maximum Gasteiger partial charge on any atom is 0.305 e. The van der Waals surface area contributed by atoms with Crippen molar-refractivity contribution in [2.75, 3.05) is 13.2 Å². The smallest absolute Gasteiger partial charge is 0.305 e. The van der Waals surface area contributed by atoms with E-state index in [-0.39, 0.29) is 18.5 Å². The van der Waals surface area contributed by atoms with E-state index in [1.54, 1.807) is 6.08 Å². The van der Waals surface area contributed by atoms with E-state index in [0.29, 0.717) is 19.4 Å². The number of hydrogen-bond acceptors (Lipinski definition) is 5. The molecule has 0 aliphatic rings. The van der Waals surface area contributed by atoms with E-state index in [1.807, 2.05) is 6.08 Å². The van der Waals surface area contributed by atoms with E-state index < -0.39 is 12.1 Å². The van der Waals surface area contributed by atoms with Gasteiger partial charge in [-0.3, -0.25) is 9.59 Å². The van der Waals surface area contributed by atoms with Crippen molar-refractivity contribution in [1.29, 1.82) is 0 Å². The average Bonchev–Trinajstić information content (AvgIpc) is 3.52. The fourth-order valence-electron chi connectivity index (χ4n) is 12.6. The lowest BCUT2D eigenvalue weighted by Gasteiger charge is -2.20. The van der Waals surface area contributed by atoms with Crippen molar-refractivity contribution in [1.82, 2.24) is 5.32 Å². The number of amides is 1. The highest BCUT2D eigenvalue weighted by Crippen LogP contribution is 2.19. The van der Waals surface area contributed by atoms with Gasteiger partial charge in [0, 0.05) is 12.8 Å². The van der Waals surface area contributed by atoms with E-state index in [1.165, 1.54) is 372 Å². The first-order valence-electron chi connectivity index (χ1n) is 39.8. The number of carbonyl (C=O) groups excluding carboxylic acids is 2. The molecule has 1 amide bonds. The van der Waals surface area contributed by atoms with Crippen LogP contribution in [-0.4, -0.2) is 47.4 Å². The van der Waals surface area contributed by atoms with Gasteiger partial charge in [0.2, 0.25) is 5.91 Å². The zero-order valence-electron chi connectivity index (χ0n) is 59.0. The number of hydrogen-bond donors (Lipinski definition) is 3. The highest BCUT2D eigenvalue weighted by Gasteiger charge is 2.18. The van der Waals surface area contributed by atoms with Crippen LogP contribution in [0.5, 0.6) is 0 Å². The summed E-state index contributed by atoms with van der Waals surface area (Å²) in [5.41, 5.74) is 0. The molecular weight excluding hydrogens is 1070 g/mol. The number of allylic oxidation sites excluding steroid dienone is 5. The number of nitrogens with one attached hydrogen (secondary N) is 1. The van der Waals surface area contributed by atoms with Crippen LogP contribution in [0.1, 0.15) is 444 Å². The summed E-state index contributed by atoms with van der Waals surface area (Å²) < 4.78 is 5.51. The molecule has 6 heteroatoms. The fourth-order valence-corrected chi connectivity index (χ4v) is 12.6. The minimum atomic E-state index is -0.844. The third kappa shape index (κ3) is 73.0. The Hall–Kier alpha value is -1.92. The van der Waals surface area contributed by atoms with Crippen molar-refractivity contribution in [2.45, 2.75) is 456 Å². The van der Waals surface area contributed by atoms with Gasteiger partial charge in [-0.05, 0) is 83.5 Å². The van der Waals surface area contributed by atoms with Gasteiger partial charge in [0.05, 0.1) is 25.4 Å². The van der Waals surface area contributed by atoms with Crippen LogP contribution in [0, 0.1) is 0 Å². The van der Waals surface area contributed by atoms with Crippen molar-refractivity contribution < 1.29 is 24.5 Å². The van der Waals surface area contributed by atoms with Gasteiger partial charge in [0.15, 0.2) is 0 Å². The quantitative estimate of drug-likeness (QED) is 0.0320. The summed E-state index contributed by atoms with van der Waals surface area (Å²) in [5.74, 6) is -0.0462. The van der Waals surface area contributed by atoms with Gasteiger partial charge in [-0.15, -0.1) is 0 Å². The van der Waals surface area contributed by atoms with Crippen LogP contribution in [0.15, 0.2) is 36.5 Å². The summed E-state index contributed by atoms with van der Waals surface area (Å²) in [5, 5.41) is 23.3. The normalized spacial score (nSPS) is 12.6. The number of aliphatic hydroxyl groups excluding tert-OH is 2. The zero-order valence-corrected chi connectivity index (χ0v) is 59.0. The van der Waals surface area contributed by atoms with Gasteiger partial charge >= 0.3 is 5.97 Å². The molecule has 0 saturated carbocycles. The fraction of sp³-hybridized carbons (Fsp3) is 0.901. The van der Waals surface area contributed by atoms with Gasteiger partial charge in [0.1, 0.15) is 0 Å². The number of rotatable bonds is 75. The Morgan fingerprint density at radius 3 is 0.816 bits per heavy atom. The maximum absolute atomic E-state index is 12.5. The Bertz CT molecular complexity index is 1410. The summed E-state index contributed by atoms with van der Waals surface area (Å²) >= 11 is 0. The van der Waals surface area contributed by atoms with Gasteiger partial charge in [-0.2, -0.15) is 0 Å². The molecule has 0 bridgehead atoms. The predicted molar refractivity (Wildman–Crippen MR) is 384 cm³/mol. The summed E-state index contributed by atoms with van der Waals surface area (Å²) in [6.45, 7) is 4.95. The van der Waals surface area contributed by atoms with E-state index in [9.17, 15) is 19.8 Å². The molecule has 0 fully saturated rings. The molecule has 0 saturated heterocycles. The van der Waals surface area contributed by atoms with Crippen molar-refractivity contribution >= 4 is 11.9 Å². The van der Waals surface area contributed by atoms with Gasteiger partial charge in [0.25, 0.3) is 0 Å². The number of carbonyl (C=O) groups is 2. The van der Waals surface area contributed by atoms with E-state index >= 15 is 0 Å². The van der Waals surface area contributed by atoms with Crippen molar-refractivity contribution in [3.05, 3.63) is 36.5 Å². The number of ether oxygens (including phenoxy) is 1. The van der Waals surface area contributed by atoms with Crippen LogP contribution >= 0.6 is 0 Å². The third-order valence-electron chi connectivity index (χ3n) is 18.6. The van der Waals surface area contributed by atoms with Crippen molar-refractivity contribution in [3.63, 3.8) is 0 Å². The zero-order chi connectivity index (χ0) is 62.8. The molecule has 2 unspecified atom stereocenters. The second-order valence-electron chi connectivity index (χ2n) is 27.4. The first-order valence-corrected chi connectivity index (χ1v) is 39.8. The molecule has 87 heavy (non-hydrogen) atoms. The van der Waals surface area contributed by atoms with Crippen molar-refractivity contribution in [3.8, 4) is 0 Å². The number of esters is 1. The van der Waals surface area contributed by atoms with Crippen LogP contribution in [0.2, 0.25) is 0 Å². The molecule has 0 aliphatic heterocycles. The summed E-state index contributed by atoms with van der Waals surface area (Å²) in [7, 11) is 0. The molecule has 0 rings (SSSR count). The van der Waals surface area contributed by atoms with Crippen molar-refractivity contribution in [2.24, 2.45) is 0 Å². The lowest BCUT2D eigenvalue weighted by molar-refractivity contribution is -0.143. The molecule has 0 spiro atoms. The van der Waals surface area contributed by atoms with Gasteiger partial charge < -0.3 is 20.3 Å². The second kappa shape index (κ2) is 76.5. The first kappa shape index (κ1) is 85.1. The maximum atomic E-state index is 12.5. The Morgan fingerprint density at radius 2 is 0.540 bits per heavy atom. The molecular formula is C81H155NO5. The molecule has 3 N–H and O–H groups in total. The topological polar surface area (TPSA) is 95.9 Å². The predicted octanol–water partition coefficient (Wildman–Crippen LogP) is 26.2. The monoisotopic (exact) mass is 1220 g/mol. The first-order chi connectivity index (χ1) is 43.0. The highest BCUT2D eigenvalue weighted by molar-refractivity contribution is 5.76. The van der Waals surface area contributed by atoms with E-state index in [4.69, 9.17) is 4.74 Å². The van der Waals surface area contributed by atoms with Crippen LogP contribution in [0.25, 0.3) is 0 Å². The SMILES string of the molecule is CCCCCCCCC/C=C\CCCCCCCCCC(=O)OCCCCCCCCCCCCCC/C=C\CCCCCCCCCCCCCCCCCC(=O)NC(CO)C(O)/C=C/CCCCCCCCCCCCCCCCCCCCC. The highest BCUT2D eigenvalue weighted by atomic mass is 16.5. The summed E-state index contributed by atoms with van der Waals surface area (Å²) in [6, 6.07) is -0.628. The largest absolute Gasteiger partial charge is 0.466 e. The Labute approximate surface area is 544 Å². The molecule has 514 valence electrons. The Kier molecular flexibility index (Phi) is 74.8. The molecule has 2 atom stereocenters. The molecule has 0 aromatic rings. The minimum Gasteiger partial charge on any atom is -0.466 e. The number of aliphatic hydroxyl groups is 2. The Balaban J connectivity index is 3.38. The van der Waals surface area contributed by atoms with Crippen LogP contribution < -0.4 is 5.32 Å². The summed E-state index contributed by atoms with van der Waals surface area (Å²) in [6.07, 6.45) is 99.8. The van der Waals surface area contributed by atoms with Crippen LogP contribution in [0.3, 0.4) is 0 Å². The lowest BCUT2D eigenvalue weighted by atomic mass is 10.0. The standard InChI is InChI=1S/C81H155NO5/c1-3-5-7-9-11-13-15-17-19-21-23-35-38-41-45-49-53-57-61-65-69-73-79(84)78(77-83)82-80(85)74-70-66-62-58-54-50-46-42-39-36-33-31-29-27-25-24-26-28-30-32-34-37-40-44-48-52-56-60-64-68-72-76-87-81(86)75-71-67-63-59-55-51-47-43-22-20-18-16-14-12-10-8-6-4-2/h20,22,26,28,69,73,78-79,83-84H,3-19,21,23-25,27,29-68,70-72,74-77H2,1-2H3,(H,82,85)/b22-20-,28-26-,73-69+.